The lowest BCUT2D eigenvalue weighted by Crippen LogP contribution is -2.18. The second kappa shape index (κ2) is 5.55. The first-order chi connectivity index (χ1) is 8.56. The van der Waals surface area contributed by atoms with E-state index in [2.05, 4.69) is 10.2 Å². The molecular weight excluding hydrogens is 270 g/mol. The van der Waals surface area contributed by atoms with E-state index in [1.807, 2.05) is 30.3 Å². The molecular formula is C11H13N3O2S2. The standard InChI is InChI=1S/C11H13N3O2S2/c1-7-12-13-9(18-7)6-14(2)5-8-3-4-17-10(8)11(15)16/h3-4H,5-6H2,1-2H3,(H,15,16). The molecule has 5 nitrogen and oxygen atoms in total. The number of aromatic nitrogens is 2. The van der Waals surface area contributed by atoms with Gasteiger partial charge in [-0.2, -0.15) is 0 Å². The van der Waals surface area contributed by atoms with E-state index >= 15 is 0 Å². The zero-order chi connectivity index (χ0) is 13.1. The Labute approximate surface area is 113 Å². The summed E-state index contributed by atoms with van der Waals surface area (Å²) in [6.45, 7) is 3.20. The van der Waals surface area contributed by atoms with Crippen LogP contribution in [0.25, 0.3) is 0 Å². The molecule has 0 saturated carbocycles. The van der Waals surface area contributed by atoms with E-state index in [0.29, 0.717) is 18.0 Å². The van der Waals surface area contributed by atoms with E-state index in [9.17, 15) is 4.79 Å². The number of nitrogens with zero attached hydrogens (tertiary/aromatic N) is 3. The quantitative estimate of drug-likeness (QED) is 0.911. The average Bonchev–Trinajstić information content (AvgIpc) is 2.87. The lowest BCUT2D eigenvalue weighted by molar-refractivity contribution is 0.0700. The monoisotopic (exact) mass is 283 g/mol. The maximum atomic E-state index is 11.0. The highest BCUT2D eigenvalue weighted by atomic mass is 32.1. The van der Waals surface area contributed by atoms with Gasteiger partial charge in [0.05, 0.1) is 6.54 Å². The summed E-state index contributed by atoms with van der Waals surface area (Å²) in [5.41, 5.74) is 0.844. The summed E-state index contributed by atoms with van der Waals surface area (Å²) >= 11 is 2.82. The zero-order valence-electron chi connectivity index (χ0n) is 10.1. The molecule has 7 heteroatoms. The van der Waals surface area contributed by atoms with Gasteiger partial charge in [-0.3, -0.25) is 4.90 Å². The van der Waals surface area contributed by atoms with Crippen LogP contribution in [0.4, 0.5) is 0 Å². The second-order valence-corrected chi connectivity index (χ2v) is 6.15. The van der Waals surface area contributed by atoms with E-state index in [0.717, 1.165) is 15.6 Å². The zero-order valence-corrected chi connectivity index (χ0v) is 11.7. The molecule has 0 bridgehead atoms. The molecule has 0 atom stereocenters. The Morgan fingerprint density at radius 3 is 2.83 bits per heavy atom. The summed E-state index contributed by atoms with van der Waals surface area (Å²) in [5, 5.41) is 20.7. The van der Waals surface area contributed by atoms with Crippen molar-refractivity contribution in [3.05, 3.63) is 31.9 Å². The predicted octanol–water partition coefficient (Wildman–Crippen LogP) is 2.24. The first-order valence-electron chi connectivity index (χ1n) is 5.33. The number of hydrogen-bond donors (Lipinski definition) is 1. The number of aromatic carboxylic acids is 1. The van der Waals surface area contributed by atoms with Crippen LogP contribution in [0.15, 0.2) is 11.4 Å². The summed E-state index contributed by atoms with van der Waals surface area (Å²) < 4.78 is 0. The third-order valence-electron chi connectivity index (χ3n) is 2.35. The molecule has 0 aliphatic carbocycles. The molecule has 0 amide bonds. The van der Waals surface area contributed by atoms with Crippen molar-refractivity contribution < 1.29 is 9.90 Å². The predicted molar refractivity (Wildman–Crippen MR) is 71.1 cm³/mol. The number of carbonyl (C=O) groups is 1. The molecule has 2 rings (SSSR count). The first kappa shape index (κ1) is 13.1. The molecule has 0 saturated heterocycles. The van der Waals surface area contributed by atoms with E-state index in [1.54, 1.807) is 11.3 Å². The van der Waals surface area contributed by atoms with Crippen molar-refractivity contribution in [2.75, 3.05) is 7.05 Å². The van der Waals surface area contributed by atoms with Crippen molar-refractivity contribution in [2.45, 2.75) is 20.0 Å². The van der Waals surface area contributed by atoms with Gasteiger partial charge < -0.3 is 5.11 Å². The second-order valence-electron chi connectivity index (χ2n) is 3.97. The molecule has 2 heterocycles. The Balaban J connectivity index is 2.00. The first-order valence-corrected chi connectivity index (χ1v) is 7.03. The number of aryl methyl sites for hydroxylation is 1. The molecule has 2 aromatic heterocycles. The minimum absolute atomic E-state index is 0.412. The molecule has 0 aliphatic rings. The van der Waals surface area contributed by atoms with Gasteiger partial charge >= 0.3 is 5.97 Å². The number of carboxylic acids is 1. The van der Waals surface area contributed by atoms with Crippen molar-refractivity contribution >= 4 is 28.6 Å². The smallest absolute Gasteiger partial charge is 0.346 e. The van der Waals surface area contributed by atoms with Crippen LogP contribution in [0.1, 0.15) is 25.3 Å². The summed E-state index contributed by atoms with van der Waals surface area (Å²) in [6.07, 6.45) is 0. The third-order valence-corrected chi connectivity index (χ3v) is 4.12. The van der Waals surface area contributed by atoms with Crippen LogP contribution >= 0.6 is 22.7 Å². The number of carboxylic acid groups (broad SMARTS) is 1. The summed E-state index contributed by atoms with van der Waals surface area (Å²) in [5.74, 6) is -0.861. The lowest BCUT2D eigenvalue weighted by Gasteiger charge is -2.14. The van der Waals surface area contributed by atoms with Crippen LogP contribution in [0.3, 0.4) is 0 Å². The normalized spacial score (nSPS) is 11.1. The van der Waals surface area contributed by atoms with Gasteiger partial charge in [-0.25, -0.2) is 4.79 Å². The average molecular weight is 283 g/mol. The maximum Gasteiger partial charge on any atom is 0.346 e. The van der Waals surface area contributed by atoms with Crippen molar-refractivity contribution in [1.82, 2.24) is 15.1 Å². The van der Waals surface area contributed by atoms with Crippen LogP contribution < -0.4 is 0 Å². The highest BCUT2D eigenvalue weighted by molar-refractivity contribution is 7.12. The van der Waals surface area contributed by atoms with Crippen LogP contribution in [0.5, 0.6) is 0 Å². The van der Waals surface area contributed by atoms with Gasteiger partial charge in [0.15, 0.2) is 0 Å². The molecule has 0 aromatic carbocycles. The fourth-order valence-corrected chi connectivity index (χ4v) is 3.17. The Morgan fingerprint density at radius 2 is 2.22 bits per heavy atom. The molecule has 0 radical (unpaired) electrons. The SMILES string of the molecule is Cc1nnc(CN(C)Cc2ccsc2C(=O)O)s1. The van der Waals surface area contributed by atoms with Crippen LogP contribution in [0.2, 0.25) is 0 Å². The van der Waals surface area contributed by atoms with Crippen LogP contribution in [-0.4, -0.2) is 33.2 Å². The van der Waals surface area contributed by atoms with Gasteiger partial charge in [-0.15, -0.1) is 32.9 Å². The van der Waals surface area contributed by atoms with Gasteiger partial charge in [0.25, 0.3) is 0 Å². The minimum atomic E-state index is -0.861. The largest absolute Gasteiger partial charge is 0.477 e. The third kappa shape index (κ3) is 3.12. The summed E-state index contributed by atoms with van der Waals surface area (Å²) in [7, 11) is 1.94. The topological polar surface area (TPSA) is 66.3 Å². The highest BCUT2D eigenvalue weighted by Crippen LogP contribution is 2.19. The summed E-state index contributed by atoms with van der Waals surface area (Å²) in [6, 6.07) is 1.86. The van der Waals surface area contributed by atoms with Crippen molar-refractivity contribution in [2.24, 2.45) is 0 Å². The number of thiophene rings is 1. The maximum absolute atomic E-state index is 11.0. The van der Waals surface area contributed by atoms with Gasteiger partial charge in [-0.05, 0) is 31.0 Å². The van der Waals surface area contributed by atoms with Crippen molar-refractivity contribution in [1.29, 1.82) is 0 Å². The van der Waals surface area contributed by atoms with E-state index in [1.165, 1.54) is 11.3 Å². The summed E-state index contributed by atoms with van der Waals surface area (Å²) in [4.78, 5) is 13.4. The fraction of sp³-hybridized carbons (Fsp3) is 0.364. The van der Waals surface area contributed by atoms with E-state index in [4.69, 9.17) is 5.11 Å². The Kier molecular flexibility index (Phi) is 4.05. The lowest BCUT2D eigenvalue weighted by atomic mass is 10.2. The molecule has 0 spiro atoms. The molecule has 1 N–H and O–H groups in total. The Bertz CT molecular complexity index is 550. The van der Waals surface area contributed by atoms with Crippen molar-refractivity contribution in [3.63, 3.8) is 0 Å². The molecule has 2 aromatic rings. The fourth-order valence-electron chi connectivity index (χ4n) is 1.63. The molecule has 0 fully saturated rings. The molecule has 18 heavy (non-hydrogen) atoms. The number of rotatable bonds is 5. The highest BCUT2D eigenvalue weighted by Gasteiger charge is 2.14. The van der Waals surface area contributed by atoms with Crippen LogP contribution in [-0.2, 0) is 13.1 Å². The molecule has 0 aliphatic heterocycles. The molecule has 96 valence electrons. The Morgan fingerprint density at radius 1 is 1.44 bits per heavy atom. The van der Waals surface area contributed by atoms with Crippen molar-refractivity contribution in [3.8, 4) is 0 Å². The van der Waals surface area contributed by atoms with Gasteiger partial charge in [0, 0.05) is 6.54 Å². The van der Waals surface area contributed by atoms with Gasteiger partial charge in [0.1, 0.15) is 14.9 Å². The number of hydrogen-bond acceptors (Lipinski definition) is 6. The van der Waals surface area contributed by atoms with Gasteiger partial charge in [0.2, 0.25) is 0 Å². The molecule has 0 unspecified atom stereocenters. The minimum Gasteiger partial charge on any atom is -0.477 e. The van der Waals surface area contributed by atoms with E-state index < -0.39 is 5.97 Å². The Hall–Kier alpha value is -1.31. The van der Waals surface area contributed by atoms with Gasteiger partial charge in [-0.1, -0.05) is 0 Å². The van der Waals surface area contributed by atoms with E-state index in [-0.39, 0.29) is 0 Å². The van der Waals surface area contributed by atoms with Crippen LogP contribution in [0, 0.1) is 6.92 Å².